The van der Waals surface area contributed by atoms with Gasteiger partial charge in [0.2, 0.25) is 0 Å². The lowest BCUT2D eigenvalue weighted by atomic mass is 10.0. The Morgan fingerprint density at radius 2 is 1.89 bits per heavy atom. The van der Waals surface area contributed by atoms with Gasteiger partial charge in [0.15, 0.2) is 11.2 Å². The van der Waals surface area contributed by atoms with Crippen LogP contribution in [0.3, 0.4) is 0 Å². The van der Waals surface area contributed by atoms with Gasteiger partial charge < -0.3 is 9.32 Å². The van der Waals surface area contributed by atoms with Crippen molar-refractivity contribution in [3.05, 3.63) is 81.7 Å². The van der Waals surface area contributed by atoms with Crippen LogP contribution in [0.25, 0.3) is 11.0 Å². The third kappa shape index (κ3) is 3.65. The second kappa shape index (κ2) is 7.61. The van der Waals surface area contributed by atoms with Crippen LogP contribution in [0.4, 0.5) is 0 Å². The Hall–Kier alpha value is -2.53. The number of fused-ring (bicyclic) bond motifs is 1. The summed E-state index contributed by atoms with van der Waals surface area (Å²) >= 11 is 1.89. The van der Waals surface area contributed by atoms with Crippen LogP contribution in [-0.4, -0.2) is 29.6 Å². The van der Waals surface area contributed by atoms with Crippen molar-refractivity contribution in [2.75, 3.05) is 18.8 Å². The summed E-state index contributed by atoms with van der Waals surface area (Å²) in [7, 11) is 0. The Labute approximate surface area is 162 Å². The number of hydrogen-bond donors (Lipinski definition) is 0. The molecule has 1 aliphatic heterocycles. The van der Waals surface area contributed by atoms with Gasteiger partial charge in [-0.05, 0) is 36.6 Å². The van der Waals surface area contributed by atoms with Crippen molar-refractivity contribution in [2.24, 2.45) is 0 Å². The molecule has 1 saturated heterocycles. The van der Waals surface area contributed by atoms with Crippen molar-refractivity contribution in [3.63, 3.8) is 0 Å². The van der Waals surface area contributed by atoms with E-state index in [9.17, 15) is 9.59 Å². The van der Waals surface area contributed by atoms with Gasteiger partial charge in [-0.15, -0.1) is 0 Å². The molecule has 138 valence electrons. The Bertz CT molecular complexity index is 1040. The number of para-hydroxylation sites is 1. The van der Waals surface area contributed by atoms with Crippen LogP contribution in [0.1, 0.15) is 33.4 Å². The average molecular weight is 379 g/mol. The molecule has 0 aliphatic carbocycles. The second-order valence-electron chi connectivity index (χ2n) is 6.77. The van der Waals surface area contributed by atoms with Crippen LogP contribution in [-0.2, 0) is 0 Å². The molecule has 27 heavy (non-hydrogen) atoms. The molecule has 1 atom stereocenters. The highest BCUT2D eigenvalue weighted by atomic mass is 32.2. The van der Waals surface area contributed by atoms with E-state index in [0.717, 1.165) is 12.2 Å². The minimum atomic E-state index is -0.205. The maximum atomic E-state index is 12.9. The van der Waals surface area contributed by atoms with Crippen LogP contribution in [0, 0.1) is 6.92 Å². The van der Waals surface area contributed by atoms with Crippen molar-refractivity contribution < 1.29 is 9.21 Å². The molecule has 4 rings (SSSR count). The van der Waals surface area contributed by atoms with Gasteiger partial charge in [-0.3, -0.25) is 9.59 Å². The highest BCUT2D eigenvalue weighted by Gasteiger charge is 2.25. The van der Waals surface area contributed by atoms with E-state index in [2.05, 4.69) is 31.2 Å². The molecule has 2 aromatic carbocycles. The smallest absolute Gasteiger partial charge is 0.289 e. The highest BCUT2D eigenvalue weighted by Crippen LogP contribution is 2.36. The number of carbonyl (C=O) groups is 1. The first-order chi connectivity index (χ1) is 13.1. The summed E-state index contributed by atoms with van der Waals surface area (Å²) < 4.78 is 5.73. The summed E-state index contributed by atoms with van der Waals surface area (Å²) in [5.74, 6) is 0.782. The Kier molecular flexibility index (Phi) is 5.03. The molecule has 4 nitrogen and oxygen atoms in total. The summed E-state index contributed by atoms with van der Waals surface area (Å²) in [6.07, 6.45) is 0.888. The quantitative estimate of drug-likeness (QED) is 0.661. The molecule has 0 saturated carbocycles. The molecule has 1 amide bonds. The molecule has 0 radical (unpaired) electrons. The summed E-state index contributed by atoms with van der Waals surface area (Å²) in [4.78, 5) is 27.0. The van der Waals surface area contributed by atoms with Gasteiger partial charge in [0, 0.05) is 30.2 Å². The summed E-state index contributed by atoms with van der Waals surface area (Å²) in [5.41, 5.74) is 2.90. The molecule has 1 aliphatic rings. The van der Waals surface area contributed by atoms with E-state index < -0.39 is 0 Å². The molecule has 1 fully saturated rings. The number of rotatable bonds is 2. The number of hydrogen-bond acceptors (Lipinski definition) is 4. The van der Waals surface area contributed by atoms with Gasteiger partial charge >= 0.3 is 0 Å². The van der Waals surface area contributed by atoms with E-state index >= 15 is 0 Å². The van der Waals surface area contributed by atoms with Gasteiger partial charge in [0.1, 0.15) is 5.58 Å². The fourth-order valence-electron chi connectivity index (χ4n) is 3.53. The first kappa shape index (κ1) is 17.9. The average Bonchev–Trinajstić information content (AvgIpc) is 2.94. The topological polar surface area (TPSA) is 50.5 Å². The molecule has 1 aromatic heterocycles. The lowest BCUT2D eigenvalue weighted by Crippen LogP contribution is -2.33. The fourth-order valence-corrected chi connectivity index (χ4v) is 4.86. The molecular weight excluding hydrogens is 358 g/mol. The Morgan fingerprint density at radius 1 is 1.11 bits per heavy atom. The summed E-state index contributed by atoms with van der Waals surface area (Å²) in [6.45, 7) is 3.44. The van der Waals surface area contributed by atoms with Gasteiger partial charge in [-0.2, -0.15) is 11.8 Å². The zero-order valence-electron chi connectivity index (χ0n) is 15.2. The fraction of sp³-hybridized carbons (Fsp3) is 0.273. The number of thioether (sulfide) groups is 1. The minimum absolute atomic E-state index is 0.123. The van der Waals surface area contributed by atoms with E-state index in [1.165, 1.54) is 17.2 Å². The Morgan fingerprint density at radius 3 is 2.74 bits per heavy atom. The summed E-state index contributed by atoms with van der Waals surface area (Å²) in [5, 5.41) is 0.882. The summed E-state index contributed by atoms with van der Waals surface area (Å²) in [6, 6.07) is 16.8. The zero-order valence-corrected chi connectivity index (χ0v) is 16.0. The van der Waals surface area contributed by atoms with Gasteiger partial charge in [0.05, 0.1) is 5.39 Å². The van der Waals surface area contributed by atoms with Gasteiger partial charge in [0.25, 0.3) is 5.91 Å². The van der Waals surface area contributed by atoms with E-state index in [1.54, 1.807) is 29.2 Å². The predicted molar refractivity (Wildman–Crippen MR) is 109 cm³/mol. The van der Waals surface area contributed by atoms with E-state index in [1.807, 2.05) is 11.8 Å². The zero-order chi connectivity index (χ0) is 18.8. The molecule has 2 heterocycles. The molecule has 1 unspecified atom stereocenters. The van der Waals surface area contributed by atoms with E-state index in [-0.39, 0.29) is 17.1 Å². The second-order valence-corrected chi connectivity index (χ2v) is 8.08. The molecule has 0 spiro atoms. The number of nitrogens with zero attached hydrogens (tertiary/aromatic N) is 1. The monoisotopic (exact) mass is 379 g/mol. The maximum Gasteiger partial charge on any atom is 0.289 e. The normalized spacial score (nSPS) is 17.7. The number of amides is 1. The van der Waals surface area contributed by atoms with Crippen molar-refractivity contribution in [2.45, 2.75) is 18.6 Å². The Balaban J connectivity index is 1.55. The molecule has 5 heteroatoms. The predicted octanol–water partition coefficient (Wildman–Crippen LogP) is 4.42. The standard InChI is InChI=1S/C22H21NO3S/c1-15-6-2-3-7-16(15)21-10-11-23(12-13-27-21)22(25)20-14-18(24)17-8-4-5-9-19(17)26-20/h2-9,14,21H,10-13H2,1H3. The minimum Gasteiger partial charge on any atom is -0.451 e. The lowest BCUT2D eigenvalue weighted by molar-refractivity contribution is 0.0735. The number of carbonyl (C=O) groups excluding carboxylic acids is 1. The van der Waals surface area contributed by atoms with Crippen LogP contribution < -0.4 is 5.43 Å². The van der Waals surface area contributed by atoms with E-state index in [0.29, 0.717) is 29.3 Å². The van der Waals surface area contributed by atoms with Gasteiger partial charge in [-0.1, -0.05) is 36.4 Å². The van der Waals surface area contributed by atoms with Crippen LogP contribution in [0.5, 0.6) is 0 Å². The lowest BCUT2D eigenvalue weighted by Gasteiger charge is -2.20. The third-order valence-electron chi connectivity index (χ3n) is 5.01. The van der Waals surface area contributed by atoms with Crippen LogP contribution in [0.15, 0.2) is 63.8 Å². The maximum absolute atomic E-state index is 12.9. The van der Waals surface area contributed by atoms with Crippen molar-refractivity contribution >= 4 is 28.6 Å². The first-order valence-corrected chi connectivity index (χ1v) is 10.2. The van der Waals surface area contributed by atoms with Crippen molar-refractivity contribution in [3.8, 4) is 0 Å². The van der Waals surface area contributed by atoms with Crippen molar-refractivity contribution in [1.82, 2.24) is 4.90 Å². The molecular formula is C22H21NO3S. The van der Waals surface area contributed by atoms with Crippen LogP contribution >= 0.6 is 11.8 Å². The van der Waals surface area contributed by atoms with Crippen molar-refractivity contribution in [1.29, 1.82) is 0 Å². The van der Waals surface area contributed by atoms with Crippen LogP contribution in [0.2, 0.25) is 0 Å². The molecule has 3 aromatic rings. The highest BCUT2D eigenvalue weighted by molar-refractivity contribution is 7.99. The largest absolute Gasteiger partial charge is 0.451 e. The molecule has 0 N–H and O–H groups in total. The number of aryl methyl sites for hydroxylation is 1. The SMILES string of the molecule is Cc1ccccc1C1CCN(C(=O)c2cc(=O)c3ccccc3o2)CCS1. The first-order valence-electron chi connectivity index (χ1n) is 9.13. The number of benzene rings is 2. The third-order valence-corrected chi connectivity index (χ3v) is 6.32. The van der Waals surface area contributed by atoms with E-state index in [4.69, 9.17) is 4.42 Å². The van der Waals surface area contributed by atoms with Gasteiger partial charge in [-0.25, -0.2) is 0 Å². The molecule has 0 bridgehead atoms.